The lowest BCUT2D eigenvalue weighted by Crippen LogP contribution is -2.37. The molecule has 0 aliphatic carbocycles. The summed E-state index contributed by atoms with van der Waals surface area (Å²) in [6, 6.07) is -1.22. The topological polar surface area (TPSA) is 124 Å². The molecule has 6 nitrogen and oxygen atoms in total. The molecule has 0 aromatic heterocycles. The van der Waals surface area contributed by atoms with E-state index in [0.29, 0.717) is 19.4 Å². The van der Waals surface area contributed by atoms with Crippen molar-refractivity contribution in [2.24, 2.45) is 17.2 Å². The predicted molar refractivity (Wildman–Crippen MR) is 44.0 cm³/mol. The number of nitrogens with one attached hydrogen (secondary N) is 1. The number of hydrogen-bond donors (Lipinski definition) is 4. The molecule has 0 rings (SSSR count). The Balaban J connectivity index is 3.31. The first-order valence-electron chi connectivity index (χ1n) is 3.62. The van der Waals surface area contributed by atoms with E-state index in [1.54, 1.807) is 0 Å². The molecule has 0 unspecified atom stereocenters. The second-order valence-corrected chi connectivity index (χ2v) is 2.44. The lowest BCUT2D eigenvalue weighted by molar-refractivity contribution is -0.119. The number of carbonyl (C=O) groups excluding carboxylic acids is 2. The molecule has 0 heterocycles. The second-order valence-electron chi connectivity index (χ2n) is 2.44. The van der Waals surface area contributed by atoms with Gasteiger partial charge in [-0.15, -0.1) is 0 Å². The minimum Gasteiger partial charge on any atom is -0.368 e. The van der Waals surface area contributed by atoms with Crippen LogP contribution >= 0.6 is 0 Å². The maximum absolute atomic E-state index is 10.4. The Morgan fingerprint density at radius 3 is 2.33 bits per heavy atom. The summed E-state index contributed by atoms with van der Waals surface area (Å²) in [6.07, 6.45) is 1.04. The lowest BCUT2D eigenvalue weighted by Gasteiger charge is -2.06. The molecule has 6 heteroatoms. The minimum absolute atomic E-state index is 0.413. The number of urea groups is 1. The first-order valence-corrected chi connectivity index (χ1v) is 3.62. The third-order valence-corrected chi connectivity index (χ3v) is 1.36. The van der Waals surface area contributed by atoms with Crippen LogP contribution in [0.25, 0.3) is 0 Å². The Bertz CT molecular complexity index is 171. The van der Waals surface area contributed by atoms with Crippen molar-refractivity contribution in [3.8, 4) is 0 Å². The molecular weight excluding hydrogens is 160 g/mol. The molecule has 0 aliphatic heterocycles. The van der Waals surface area contributed by atoms with Gasteiger partial charge >= 0.3 is 6.03 Å². The average molecular weight is 174 g/mol. The molecule has 1 atom stereocenters. The van der Waals surface area contributed by atoms with Crippen LogP contribution in [0.2, 0.25) is 0 Å². The monoisotopic (exact) mass is 174 g/mol. The van der Waals surface area contributed by atoms with E-state index in [2.05, 4.69) is 5.32 Å². The van der Waals surface area contributed by atoms with Crippen molar-refractivity contribution in [2.75, 3.05) is 6.54 Å². The van der Waals surface area contributed by atoms with Crippen molar-refractivity contribution in [3.05, 3.63) is 0 Å². The summed E-state index contributed by atoms with van der Waals surface area (Å²) < 4.78 is 0. The molecule has 0 saturated heterocycles. The maximum atomic E-state index is 10.4. The summed E-state index contributed by atoms with van der Waals surface area (Å²) in [4.78, 5) is 20.6. The zero-order valence-electron chi connectivity index (χ0n) is 6.75. The van der Waals surface area contributed by atoms with E-state index in [0.717, 1.165) is 0 Å². The van der Waals surface area contributed by atoms with Crippen molar-refractivity contribution in [2.45, 2.75) is 18.9 Å². The fourth-order valence-corrected chi connectivity index (χ4v) is 0.676. The number of carbonyl (C=O) groups is 2. The van der Waals surface area contributed by atoms with Gasteiger partial charge in [0.1, 0.15) is 0 Å². The van der Waals surface area contributed by atoms with Gasteiger partial charge in [-0.3, -0.25) is 4.79 Å². The Labute approximate surface area is 70.5 Å². The average Bonchev–Trinajstić information content (AvgIpc) is 1.97. The van der Waals surface area contributed by atoms with Crippen LogP contribution in [-0.4, -0.2) is 24.5 Å². The van der Waals surface area contributed by atoms with Gasteiger partial charge in [0.15, 0.2) is 0 Å². The number of primary amides is 2. The van der Waals surface area contributed by atoms with Crippen LogP contribution < -0.4 is 22.5 Å². The van der Waals surface area contributed by atoms with E-state index < -0.39 is 18.0 Å². The smallest absolute Gasteiger partial charge is 0.312 e. The molecule has 0 saturated carbocycles. The molecule has 0 aliphatic rings. The molecule has 7 N–H and O–H groups in total. The maximum Gasteiger partial charge on any atom is 0.312 e. The highest BCUT2D eigenvalue weighted by atomic mass is 16.2. The zero-order chi connectivity index (χ0) is 9.56. The van der Waals surface area contributed by atoms with Crippen molar-refractivity contribution in [1.82, 2.24) is 5.32 Å². The standard InChI is InChI=1S/C6H14N4O2/c7-4(5(8)11)2-1-3-10-6(9)12/h4H,1-3,7H2,(H2,8,11)(H3,9,10,12)/t4-/m1/s1. The van der Waals surface area contributed by atoms with Gasteiger partial charge in [0.05, 0.1) is 6.04 Å². The van der Waals surface area contributed by atoms with Crippen LogP contribution in [0.4, 0.5) is 4.79 Å². The summed E-state index contributed by atoms with van der Waals surface area (Å²) in [5, 5.41) is 2.37. The van der Waals surface area contributed by atoms with Gasteiger partial charge in [0.2, 0.25) is 5.91 Å². The third-order valence-electron chi connectivity index (χ3n) is 1.36. The quantitative estimate of drug-likeness (QED) is 0.369. The van der Waals surface area contributed by atoms with Gasteiger partial charge in [-0.25, -0.2) is 4.79 Å². The van der Waals surface area contributed by atoms with Gasteiger partial charge in [-0.05, 0) is 12.8 Å². The summed E-state index contributed by atoms with van der Waals surface area (Å²) >= 11 is 0. The minimum atomic E-state index is -0.639. The van der Waals surface area contributed by atoms with Crippen LogP contribution in [0, 0.1) is 0 Å². The molecule has 0 aromatic rings. The Morgan fingerprint density at radius 2 is 1.92 bits per heavy atom. The second kappa shape index (κ2) is 5.36. The van der Waals surface area contributed by atoms with Crippen LogP contribution in [0.5, 0.6) is 0 Å². The summed E-state index contributed by atoms with van der Waals surface area (Å²) in [5.74, 6) is -0.533. The first kappa shape index (κ1) is 10.7. The SMILES string of the molecule is NC(=O)NCCC[C@@H](N)C(N)=O. The Hall–Kier alpha value is -1.30. The van der Waals surface area contributed by atoms with E-state index in [-0.39, 0.29) is 0 Å². The first-order chi connectivity index (χ1) is 5.54. The van der Waals surface area contributed by atoms with Gasteiger partial charge in [0.25, 0.3) is 0 Å². The van der Waals surface area contributed by atoms with Gasteiger partial charge in [-0.1, -0.05) is 0 Å². The Morgan fingerprint density at radius 1 is 1.33 bits per heavy atom. The molecule has 0 bridgehead atoms. The molecular formula is C6H14N4O2. The van der Waals surface area contributed by atoms with Gasteiger partial charge in [0, 0.05) is 6.54 Å². The molecule has 3 amide bonds. The molecule has 0 fully saturated rings. The molecule has 70 valence electrons. The molecule has 0 spiro atoms. The summed E-state index contributed by atoms with van der Waals surface area (Å²) in [6.45, 7) is 0.413. The molecule has 0 radical (unpaired) electrons. The highest BCUT2D eigenvalue weighted by Gasteiger charge is 2.07. The van der Waals surface area contributed by atoms with Crippen molar-refractivity contribution >= 4 is 11.9 Å². The Kier molecular flexibility index (Phi) is 4.78. The van der Waals surface area contributed by atoms with Crippen molar-refractivity contribution < 1.29 is 9.59 Å². The van der Waals surface area contributed by atoms with Gasteiger partial charge < -0.3 is 22.5 Å². The van der Waals surface area contributed by atoms with Crippen LogP contribution in [-0.2, 0) is 4.79 Å². The lowest BCUT2D eigenvalue weighted by atomic mass is 10.1. The van der Waals surface area contributed by atoms with Crippen LogP contribution in [0.1, 0.15) is 12.8 Å². The number of nitrogens with two attached hydrogens (primary N) is 3. The van der Waals surface area contributed by atoms with Crippen molar-refractivity contribution in [3.63, 3.8) is 0 Å². The normalized spacial score (nSPS) is 12.1. The van der Waals surface area contributed by atoms with Crippen LogP contribution in [0.15, 0.2) is 0 Å². The highest BCUT2D eigenvalue weighted by molar-refractivity contribution is 5.79. The molecule has 0 aromatic carbocycles. The van der Waals surface area contributed by atoms with Crippen molar-refractivity contribution in [1.29, 1.82) is 0 Å². The predicted octanol–water partition coefficient (Wildman–Crippen LogP) is -1.75. The van der Waals surface area contributed by atoms with E-state index >= 15 is 0 Å². The van der Waals surface area contributed by atoms with Gasteiger partial charge in [-0.2, -0.15) is 0 Å². The highest BCUT2D eigenvalue weighted by Crippen LogP contribution is 1.91. The van der Waals surface area contributed by atoms with E-state index in [1.165, 1.54) is 0 Å². The number of rotatable bonds is 5. The van der Waals surface area contributed by atoms with E-state index in [1.807, 2.05) is 0 Å². The molecule has 12 heavy (non-hydrogen) atoms. The third kappa shape index (κ3) is 5.48. The largest absolute Gasteiger partial charge is 0.368 e. The fraction of sp³-hybridized carbons (Fsp3) is 0.667. The summed E-state index contributed by atoms with van der Waals surface area (Å²) in [7, 11) is 0. The fourth-order valence-electron chi connectivity index (χ4n) is 0.676. The van der Waals surface area contributed by atoms with E-state index in [9.17, 15) is 9.59 Å². The number of amides is 3. The summed E-state index contributed by atoms with van der Waals surface area (Å²) in [5.41, 5.74) is 15.0. The van der Waals surface area contributed by atoms with Crippen LogP contribution in [0.3, 0.4) is 0 Å². The number of hydrogen-bond acceptors (Lipinski definition) is 3. The van der Waals surface area contributed by atoms with E-state index in [4.69, 9.17) is 17.2 Å². The zero-order valence-corrected chi connectivity index (χ0v) is 6.75.